The molecule has 108 valence electrons. The van der Waals surface area contributed by atoms with Gasteiger partial charge in [0.25, 0.3) is 0 Å². The van der Waals surface area contributed by atoms with E-state index in [2.05, 4.69) is 15.5 Å². The molecular weight excluding hydrogens is 298 g/mol. The molecule has 0 aliphatic rings. The summed E-state index contributed by atoms with van der Waals surface area (Å²) in [5.41, 5.74) is -1.36. The van der Waals surface area contributed by atoms with Gasteiger partial charge in [-0.25, -0.2) is 4.39 Å². The normalized spacial score (nSPS) is 11.4. The van der Waals surface area contributed by atoms with Crippen LogP contribution in [0.5, 0.6) is 5.75 Å². The summed E-state index contributed by atoms with van der Waals surface area (Å²) in [5.74, 6) is -1.42. The average Bonchev–Trinajstić information content (AvgIpc) is 2.84. The SMILES string of the molecule is CNc1nnc(COc2ccc(F)c(C(F)(F)F)c2)s1. The van der Waals surface area contributed by atoms with Gasteiger partial charge in [-0.05, 0) is 18.2 Å². The minimum absolute atomic E-state index is 0.0394. The molecule has 9 heteroatoms. The first-order valence-electron chi connectivity index (χ1n) is 5.40. The third kappa shape index (κ3) is 3.35. The third-order valence-electron chi connectivity index (χ3n) is 2.29. The maximum absolute atomic E-state index is 13.1. The van der Waals surface area contributed by atoms with Crippen LogP contribution < -0.4 is 10.1 Å². The zero-order valence-corrected chi connectivity index (χ0v) is 11.0. The van der Waals surface area contributed by atoms with Gasteiger partial charge in [0.05, 0.1) is 5.56 Å². The van der Waals surface area contributed by atoms with Gasteiger partial charge in [0.1, 0.15) is 18.2 Å². The van der Waals surface area contributed by atoms with Crippen molar-refractivity contribution < 1.29 is 22.3 Å². The van der Waals surface area contributed by atoms with Gasteiger partial charge in [0.2, 0.25) is 5.13 Å². The lowest BCUT2D eigenvalue weighted by molar-refractivity contribution is -0.140. The molecule has 0 amide bonds. The first-order chi connectivity index (χ1) is 9.40. The van der Waals surface area contributed by atoms with E-state index < -0.39 is 17.6 Å². The van der Waals surface area contributed by atoms with Crippen molar-refractivity contribution in [2.24, 2.45) is 0 Å². The lowest BCUT2D eigenvalue weighted by atomic mass is 10.2. The second-order valence-corrected chi connectivity index (χ2v) is 4.74. The Balaban J connectivity index is 2.10. The van der Waals surface area contributed by atoms with Crippen molar-refractivity contribution in [3.63, 3.8) is 0 Å². The van der Waals surface area contributed by atoms with E-state index in [-0.39, 0.29) is 12.4 Å². The highest BCUT2D eigenvalue weighted by atomic mass is 32.1. The summed E-state index contributed by atoms with van der Waals surface area (Å²) in [7, 11) is 1.67. The molecule has 2 rings (SSSR count). The minimum Gasteiger partial charge on any atom is -0.486 e. The van der Waals surface area contributed by atoms with Gasteiger partial charge in [-0.1, -0.05) is 11.3 Å². The van der Waals surface area contributed by atoms with Gasteiger partial charge in [0.15, 0.2) is 5.01 Å². The first-order valence-corrected chi connectivity index (χ1v) is 6.21. The smallest absolute Gasteiger partial charge is 0.419 e. The Morgan fingerprint density at radius 3 is 2.65 bits per heavy atom. The molecule has 0 aliphatic carbocycles. The van der Waals surface area contributed by atoms with Crippen molar-refractivity contribution in [1.29, 1.82) is 0 Å². The van der Waals surface area contributed by atoms with Crippen molar-refractivity contribution in [3.05, 3.63) is 34.6 Å². The quantitative estimate of drug-likeness (QED) is 0.880. The van der Waals surface area contributed by atoms with Crippen LogP contribution in [0.3, 0.4) is 0 Å². The fraction of sp³-hybridized carbons (Fsp3) is 0.273. The van der Waals surface area contributed by atoms with Crippen molar-refractivity contribution in [2.75, 3.05) is 12.4 Å². The lowest BCUT2D eigenvalue weighted by Gasteiger charge is -2.10. The third-order valence-corrected chi connectivity index (χ3v) is 3.20. The number of anilines is 1. The van der Waals surface area contributed by atoms with Crippen LogP contribution in [0.2, 0.25) is 0 Å². The number of rotatable bonds is 4. The number of nitrogens with one attached hydrogen (secondary N) is 1. The number of aromatic nitrogens is 2. The lowest BCUT2D eigenvalue weighted by Crippen LogP contribution is -2.08. The highest BCUT2D eigenvalue weighted by molar-refractivity contribution is 7.15. The van der Waals surface area contributed by atoms with E-state index in [1.54, 1.807) is 7.05 Å². The van der Waals surface area contributed by atoms with E-state index in [9.17, 15) is 17.6 Å². The van der Waals surface area contributed by atoms with Crippen molar-refractivity contribution in [1.82, 2.24) is 10.2 Å². The number of nitrogens with zero attached hydrogens (tertiary/aromatic N) is 2. The Morgan fingerprint density at radius 1 is 1.30 bits per heavy atom. The van der Waals surface area contributed by atoms with Crippen LogP contribution in [-0.2, 0) is 12.8 Å². The van der Waals surface area contributed by atoms with Gasteiger partial charge >= 0.3 is 6.18 Å². The molecule has 2 aromatic rings. The molecule has 20 heavy (non-hydrogen) atoms. The largest absolute Gasteiger partial charge is 0.486 e. The number of alkyl halides is 3. The number of hydrogen-bond donors (Lipinski definition) is 1. The number of benzene rings is 1. The van der Waals surface area contributed by atoms with Crippen LogP contribution in [0.15, 0.2) is 18.2 Å². The minimum atomic E-state index is -4.76. The monoisotopic (exact) mass is 307 g/mol. The van der Waals surface area contributed by atoms with Crippen LogP contribution >= 0.6 is 11.3 Å². The topological polar surface area (TPSA) is 47.0 Å². The highest BCUT2D eigenvalue weighted by Gasteiger charge is 2.34. The fourth-order valence-corrected chi connectivity index (χ4v) is 1.98. The van der Waals surface area contributed by atoms with Crippen LogP contribution in [0, 0.1) is 5.82 Å². The van der Waals surface area contributed by atoms with E-state index >= 15 is 0 Å². The van der Waals surface area contributed by atoms with E-state index in [0.29, 0.717) is 16.2 Å². The zero-order chi connectivity index (χ0) is 14.8. The molecule has 0 radical (unpaired) electrons. The standard InChI is InChI=1S/C11H9F4N3OS/c1-16-10-18-17-9(20-10)5-19-6-2-3-8(12)7(4-6)11(13,14)15/h2-4H,5H2,1H3,(H,16,18). The van der Waals surface area contributed by atoms with E-state index in [4.69, 9.17) is 4.74 Å². The van der Waals surface area contributed by atoms with Gasteiger partial charge in [-0.2, -0.15) is 13.2 Å². The Labute approximate surface area is 115 Å². The second kappa shape index (κ2) is 5.61. The summed E-state index contributed by atoms with van der Waals surface area (Å²) in [6, 6.07) is 2.47. The molecule has 0 bridgehead atoms. The molecular formula is C11H9F4N3OS. The van der Waals surface area contributed by atoms with Crippen LogP contribution in [0.1, 0.15) is 10.6 Å². The molecule has 0 atom stereocenters. The summed E-state index contributed by atoms with van der Waals surface area (Å²) in [5, 5.41) is 11.4. The van der Waals surface area contributed by atoms with E-state index in [0.717, 1.165) is 12.1 Å². The van der Waals surface area contributed by atoms with E-state index in [1.807, 2.05) is 0 Å². The summed E-state index contributed by atoms with van der Waals surface area (Å²) < 4.78 is 55.8. The number of hydrogen-bond acceptors (Lipinski definition) is 5. The molecule has 0 saturated heterocycles. The molecule has 0 fully saturated rings. The average molecular weight is 307 g/mol. The van der Waals surface area contributed by atoms with Gasteiger partial charge in [-0.3, -0.25) is 0 Å². The maximum Gasteiger partial charge on any atom is 0.419 e. The van der Waals surface area contributed by atoms with Gasteiger partial charge in [-0.15, -0.1) is 10.2 Å². The summed E-state index contributed by atoms with van der Waals surface area (Å²) in [6.07, 6.45) is -4.76. The second-order valence-electron chi connectivity index (χ2n) is 3.68. The van der Waals surface area contributed by atoms with Crippen LogP contribution in [0.4, 0.5) is 22.7 Å². The highest BCUT2D eigenvalue weighted by Crippen LogP contribution is 2.33. The fourth-order valence-electron chi connectivity index (χ4n) is 1.37. The molecule has 0 unspecified atom stereocenters. The van der Waals surface area contributed by atoms with Crippen LogP contribution in [0.25, 0.3) is 0 Å². The maximum atomic E-state index is 13.1. The Morgan fingerprint density at radius 2 is 2.05 bits per heavy atom. The summed E-state index contributed by atoms with van der Waals surface area (Å²) in [6.45, 7) is -0.0394. The molecule has 0 aliphatic heterocycles. The molecule has 1 aromatic carbocycles. The predicted molar refractivity (Wildman–Crippen MR) is 65.2 cm³/mol. The van der Waals surface area contributed by atoms with Crippen LogP contribution in [-0.4, -0.2) is 17.2 Å². The summed E-state index contributed by atoms with van der Waals surface area (Å²) >= 11 is 1.21. The Kier molecular flexibility index (Phi) is 4.07. The summed E-state index contributed by atoms with van der Waals surface area (Å²) in [4.78, 5) is 0. The molecule has 1 N–H and O–H groups in total. The van der Waals surface area contributed by atoms with Gasteiger partial charge < -0.3 is 10.1 Å². The molecule has 1 aromatic heterocycles. The van der Waals surface area contributed by atoms with Crippen molar-refractivity contribution in [2.45, 2.75) is 12.8 Å². The number of ether oxygens (including phenoxy) is 1. The predicted octanol–water partition coefficient (Wildman–Crippen LogP) is 3.32. The zero-order valence-electron chi connectivity index (χ0n) is 10.2. The van der Waals surface area contributed by atoms with E-state index in [1.165, 1.54) is 11.3 Å². The first kappa shape index (κ1) is 14.5. The number of halogens is 4. The molecule has 1 heterocycles. The molecule has 0 spiro atoms. The van der Waals surface area contributed by atoms with Crippen molar-refractivity contribution in [3.8, 4) is 5.75 Å². The van der Waals surface area contributed by atoms with Gasteiger partial charge in [0, 0.05) is 7.05 Å². The Bertz CT molecular complexity index is 600. The Hall–Kier alpha value is -1.90. The van der Waals surface area contributed by atoms with Crippen molar-refractivity contribution >= 4 is 16.5 Å². The molecule has 0 saturated carbocycles. The molecule has 4 nitrogen and oxygen atoms in total.